The van der Waals surface area contributed by atoms with Gasteiger partial charge in [-0.2, -0.15) is 4.73 Å². The van der Waals surface area contributed by atoms with E-state index in [4.69, 9.17) is 4.74 Å². The fourth-order valence-corrected chi connectivity index (χ4v) is 3.45. The number of hydrogen-bond donors (Lipinski definition) is 0. The molecule has 5 aromatic rings. The maximum atomic E-state index is 12.0. The quantitative estimate of drug-likeness (QED) is 0.342. The average Bonchev–Trinajstić information content (AvgIpc) is 3.25. The summed E-state index contributed by atoms with van der Waals surface area (Å²) in [7, 11) is 0. The molecule has 0 saturated heterocycles. The average molecular weight is 382 g/mol. The van der Waals surface area contributed by atoms with Gasteiger partial charge < -0.3 is 9.94 Å². The topological polar surface area (TPSA) is 66.9 Å². The molecule has 0 aliphatic rings. The van der Waals surface area contributed by atoms with Crippen molar-refractivity contribution in [2.75, 3.05) is 0 Å². The lowest BCUT2D eigenvalue weighted by Crippen LogP contribution is -2.25. The number of rotatable bonds is 4. The summed E-state index contributed by atoms with van der Waals surface area (Å²) >= 11 is 0. The van der Waals surface area contributed by atoms with E-state index >= 15 is 0 Å². The largest absolute Gasteiger partial charge is 0.618 e. The Morgan fingerprint density at radius 3 is 2.72 bits per heavy atom. The summed E-state index contributed by atoms with van der Waals surface area (Å²) in [5.41, 5.74) is 2.21. The molecule has 0 radical (unpaired) electrons. The van der Waals surface area contributed by atoms with E-state index in [-0.39, 0.29) is 6.10 Å². The van der Waals surface area contributed by atoms with Gasteiger partial charge in [0.15, 0.2) is 6.20 Å². The van der Waals surface area contributed by atoms with Crippen LogP contribution in [0.15, 0.2) is 85.2 Å². The van der Waals surface area contributed by atoms with Gasteiger partial charge in [-0.15, -0.1) is 5.10 Å². The summed E-state index contributed by atoms with van der Waals surface area (Å²) in [4.78, 5) is 0. The van der Waals surface area contributed by atoms with Crippen LogP contribution in [0.25, 0.3) is 27.4 Å². The summed E-state index contributed by atoms with van der Waals surface area (Å²) in [6.07, 6.45) is 3.02. The number of aromatic nitrogens is 4. The Kier molecular flexibility index (Phi) is 4.09. The van der Waals surface area contributed by atoms with Crippen LogP contribution in [0.2, 0.25) is 0 Å². The second-order valence-corrected chi connectivity index (χ2v) is 6.90. The molecule has 5 rings (SSSR count). The molecule has 0 N–H and O–H groups in total. The first kappa shape index (κ1) is 17.2. The fraction of sp³-hybridized carbons (Fsp3) is 0.0870. The minimum Gasteiger partial charge on any atom is -0.618 e. The van der Waals surface area contributed by atoms with Gasteiger partial charge in [0.05, 0.1) is 17.3 Å². The zero-order valence-electron chi connectivity index (χ0n) is 15.8. The Labute approximate surface area is 167 Å². The molecule has 3 aromatic carbocycles. The van der Waals surface area contributed by atoms with Gasteiger partial charge in [-0.3, -0.25) is 0 Å². The molecular formula is C23H18N4O2. The standard InChI is InChI=1S/C23H18N4O2/c1-16(29-23-10-4-9-22-20(23)8-5-13-27(22)28)21-15-26(25-24-21)19-12-11-17-6-2-3-7-18(17)14-19/h2-16H,1H3/t16-/m1/s1. The lowest BCUT2D eigenvalue weighted by molar-refractivity contribution is -0.577. The van der Waals surface area contributed by atoms with E-state index in [1.807, 2.05) is 49.5 Å². The minimum atomic E-state index is -0.324. The van der Waals surface area contributed by atoms with Crippen LogP contribution in [-0.4, -0.2) is 15.0 Å². The first-order valence-electron chi connectivity index (χ1n) is 9.38. The monoisotopic (exact) mass is 382 g/mol. The SMILES string of the molecule is C[C@@H](Oc1cccc2c1ccc[n+]2[O-])c1cn(-c2ccc3ccccc3c2)nn1. The predicted molar refractivity (Wildman–Crippen MR) is 111 cm³/mol. The van der Waals surface area contributed by atoms with Gasteiger partial charge in [-0.1, -0.05) is 41.6 Å². The smallest absolute Gasteiger partial charge is 0.227 e. The summed E-state index contributed by atoms with van der Waals surface area (Å²) in [5, 5.41) is 23.6. The van der Waals surface area contributed by atoms with E-state index < -0.39 is 0 Å². The zero-order chi connectivity index (χ0) is 19.8. The summed E-state index contributed by atoms with van der Waals surface area (Å²) in [6, 6.07) is 23.4. The van der Waals surface area contributed by atoms with Gasteiger partial charge in [-0.25, -0.2) is 4.68 Å². The number of benzene rings is 3. The highest BCUT2D eigenvalue weighted by Gasteiger charge is 2.16. The van der Waals surface area contributed by atoms with Gasteiger partial charge in [-0.05, 0) is 42.0 Å². The van der Waals surface area contributed by atoms with Crippen molar-refractivity contribution in [2.45, 2.75) is 13.0 Å². The van der Waals surface area contributed by atoms with E-state index in [2.05, 4.69) is 34.6 Å². The highest BCUT2D eigenvalue weighted by Crippen LogP contribution is 2.28. The Morgan fingerprint density at radius 2 is 1.83 bits per heavy atom. The maximum Gasteiger partial charge on any atom is 0.227 e. The molecule has 6 nitrogen and oxygen atoms in total. The molecule has 0 bridgehead atoms. The van der Waals surface area contributed by atoms with Crippen LogP contribution in [0.3, 0.4) is 0 Å². The van der Waals surface area contributed by atoms with Crippen LogP contribution in [0, 0.1) is 5.21 Å². The van der Waals surface area contributed by atoms with Crippen molar-refractivity contribution < 1.29 is 9.47 Å². The summed E-state index contributed by atoms with van der Waals surface area (Å²) < 4.78 is 8.70. The molecule has 142 valence electrons. The van der Waals surface area contributed by atoms with E-state index in [9.17, 15) is 5.21 Å². The molecule has 2 aromatic heterocycles. The minimum absolute atomic E-state index is 0.324. The third-order valence-electron chi connectivity index (χ3n) is 4.99. The van der Waals surface area contributed by atoms with Crippen LogP contribution in [0.4, 0.5) is 0 Å². The highest BCUT2D eigenvalue weighted by atomic mass is 16.5. The van der Waals surface area contributed by atoms with E-state index in [0.717, 1.165) is 21.2 Å². The molecule has 0 amide bonds. The molecule has 0 saturated carbocycles. The molecular weight excluding hydrogens is 364 g/mol. The lowest BCUT2D eigenvalue weighted by atomic mass is 10.1. The molecule has 0 aliphatic carbocycles. The number of pyridine rings is 1. The van der Waals surface area contributed by atoms with E-state index in [0.29, 0.717) is 17.0 Å². The van der Waals surface area contributed by atoms with E-state index in [1.54, 1.807) is 16.8 Å². The Bertz CT molecular complexity index is 1330. The van der Waals surface area contributed by atoms with Gasteiger partial charge in [0, 0.05) is 12.1 Å². The number of ether oxygens (including phenoxy) is 1. The van der Waals surface area contributed by atoms with Gasteiger partial charge in [0.25, 0.3) is 0 Å². The maximum absolute atomic E-state index is 12.0. The molecule has 0 fully saturated rings. The van der Waals surface area contributed by atoms with E-state index in [1.165, 1.54) is 11.6 Å². The van der Waals surface area contributed by atoms with Crippen molar-refractivity contribution in [3.05, 3.63) is 96.1 Å². The van der Waals surface area contributed by atoms with Crippen molar-refractivity contribution in [2.24, 2.45) is 0 Å². The van der Waals surface area contributed by atoms with Crippen LogP contribution >= 0.6 is 0 Å². The third-order valence-corrected chi connectivity index (χ3v) is 4.99. The number of nitrogens with zero attached hydrogens (tertiary/aromatic N) is 4. The fourth-order valence-electron chi connectivity index (χ4n) is 3.45. The Morgan fingerprint density at radius 1 is 0.966 bits per heavy atom. The Hall–Kier alpha value is -3.93. The molecule has 6 heteroatoms. The van der Waals surface area contributed by atoms with Crippen molar-refractivity contribution in [3.8, 4) is 11.4 Å². The summed E-state index contributed by atoms with van der Waals surface area (Å²) in [5.74, 6) is 0.639. The van der Waals surface area contributed by atoms with Gasteiger partial charge in [0.2, 0.25) is 5.52 Å². The van der Waals surface area contributed by atoms with Crippen LogP contribution in [0.5, 0.6) is 5.75 Å². The first-order valence-corrected chi connectivity index (χ1v) is 9.38. The lowest BCUT2D eigenvalue weighted by Gasteiger charge is -2.13. The van der Waals surface area contributed by atoms with Crippen LogP contribution in [-0.2, 0) is 0 Å². The van der Waals surface area contributed by atoms with Gasteiger partial charge in [0.1, 0.15) is 17.5 Å². The van der Waals surface area contributed by atoms with Crippen molar-refractivity contribution >= 4 is 21.7 Å². The van der Waals surface area contributed by atoms with Crippen molar-refractivity contribution in [1.29, 1.82) is 0 Å². The number of hydrogen-bond acceptors (Lipinski definition) is 4. The van der Waals surface area contributed by atoms with Crippen molar-refractivity contribution in [1.82, 2.24) is 15.0 Å². The first-order chi connectivity index (χ1) is 14.2. The molecule has 1 atom stereocenters. The Balaban J connectivity index is 1.44. The van der Waals surface area contributed by atoms with Gasteiger partial charge >= 0.3 is 0 Å². The summed E-state index contributed by atoms with van der Waals surface area (Å²) in [6.45, 7) is 1.92. The normalized spacial score (nSPS) is 12.3. The molecule has 0 spiro atoms. The molecule has 29 heavy (non-hydrogen) atoms. The zero-order valence-corrected chi connectivity index (χ0v) is 15.8. The van der Waals surface area contributed by atoms with Crippen molar-refractivity contribution in [3.63, 3.8) is 0 Å². The second-order valence-electron chi connectivity index (χ2n) is 6.90. The molecule has 0 aliphatic heterocycles. The second kappa shape index (κ2) is 6.91. The third kappa shape index (κ3) is 3.14. The number of fused-ring (bicyclic) bond motifs is 2. The molecule has 2 heterocycles. The molecule has 0 unspecified atom stereocenters. The predicted octanol–water partition coefficient (Wildman–Crippen LogP) is 4.35. The van der Waals surface area contributed by atoms with Crippen LogP contribution in [0.1, 0.15) is 18.7 Å². The highest BCUT2D eigenvalue weighted by molar-refractivity contribution is 5.84. The van der Waals surface area contributed by atoms with Crippen LogP contribution < -0.4 is 9.47 Å².